The molecule has 0 aliphatic heterocycles. The van der Waals surface area contributed by atoms with Crippen LogP contribution in [0.1, 0.15) is 35.9 Å². The third-order valence-electron chi connectivity index (χ3n) is 4.26. The molecule has 2 rings (SSSR count). The summed E-state index contributed by atoms with van der Waals surface area (Å²) < 4.78 is 0. The number of carboxylic acids is 2. The monoisotopic (exact) mass is 433 g/mol. The van der Waals surface area contributed by atoms with Gasteiger partial charge in [0.05, 0.1) is 5.69 Å². The average molecular weight is 434 g/mol. The van der Waals surface area contributed by atoms with Gasteiger partial charge in [0, 0.05) is 23.6 Å². The minimum Gasteiger partial charge on any atom is -0.478 e. The predicted molar refractivity (Wildman–Crippen MR) is 121 cm³/mol. The molecule has 0 aliphatic rings. The summed E-state index contributed by atoms with van der Waals surface area (Å²) in [5.41, 5.74) is 8.30. The summed E-state index contributed by atoms with van der Waals surface area (Å²) in [6.45, 7) is 7.78. The second-order valence-electron chi connectivity index (χ2n) is 6.75. The number of hydrogen-bond acceptors (Lipinski definition) is 6. The van der Waals surface area contributed by atoms with Crippen LogP contribution in [0, 0.1) is 6.92 Å². The number of carboxylic acid groups (broad SMARTS) is 2. The molecule has 0 saturated heterocycles. The zero-order chi connectivity index (χ0) is 22.4. The topological polar surface area (TPSA) is 117 Å². The van der Waals surface area contributed by atoms with Crippen LogP contribution in [0.15, 0.2) is 42.5 Å². The molecule has 0 radical (unpaired) electrons. The number of thiazole rings is 1. The number of nitrogens with two attached hydrogens (primary N) is 1. The Morgan fingerprint density at radius 1 is 1.07 bits per heavy atom. The molecule has 1 heterocycles. The first-order valence-corrected chi connectivity index (χ1v) is 10.8. The van der Waals surface area contributed by atoms with Crippen LogP contribution >= 0.6 is 11.3 Å². The Hall–Kier alpha value is -2.71. The van der Waals surface area contributed by atoms with Crippen LogP contribution in [0.4, 0.5) is 5.13 Å². The van der Waals surface area contributed by atoms with Crippen LogP contribution in [-0.2, 0) is 22.4 Å². The molecule has 8 heteroatoms. The van der Waals surface area contributed by atoms with Gasteiger partial charge in [0.15, 0.2) is 5.13 Å². The number of benzene rings is 1. The number of aromatic nitrogens is 1. The standard InChI is InChI=1S/C18H27N3S.C4H4O4/c1-3-12-21(14-11-16-8-5-4-6-9-16)13-7-10-17-15(2)20-18(19)22-17;5-3(6)1-2-4(7)8/h4-6,8-9H,3,7,10-14H2,1-2H3,(H2,19,20);1-2H,(H,5,6)(H,7,8)/b;2-1+. The number of rotatable bonds is 11. The van der Waals surface area contributed by atoms with Crippen molar-refractivity contribution in [2.45, 2.75) is 39.5 Å². The lowest BCUT2D eigenvalue weighted by Crippen LogP contribution is -2.28. The maximum absolute atomic E-state index is 9.55. The third kappa shape index (κ3) is 11.3. The van der Waals surface area contributed by atoms with E-state index in [1.54, 1.807) is 11.3 Å². The van der Waals surface area contributed by atoms with Gasteiger partial charge in [0.2, 0.25) is 0 Å². The summed E-state index contributed by atoms with van der Waals surface area (Å²) in [7, 11) is 0. The molecule has 30 heavy (non-hydrogen) atoms. The van der Waals surface area contributed by atoms with Crippen molar-refractivity contribution in [2.75, 3.05) is 25.4 Å². The van der Waals surface area contributed by atoms with Gasteiger partial charge in [-0.3, -0.25) is 0 Å². The minimum absolute atomic E-state index is 0.558. The number of carbonyl (C=O) groups is 2. The molecule has 0 bridgehead atoms. The smallest absolute Gasteiger partial charge is 0.328 e. The highest BCUT2D eigenvalue weighted by Crippen LogP contribution is 2.21. The Morgan fingerprint density at radius 2 is 1.70 bits per heavy atom. The van der Waals surface area contributed by atoms with E-state index in [2.05, 4.69) is 54.1 Å². The SMILES string of the molecule is CCCN(CCCc1sc(N)nc1C)CCc1ccccc1.O=C(O)/C=C/C(=O)O. The first-order valence-electron chi connectivity index (χ1n) is 9.93. The van der Waals surface area contributed by atoms with Gasteiger partial charge < -0.3 is 20.8 Å². The summed E-state index contributed by atoms with van der Waals surface area (Å²) >= 11 is 1.64. The number of nitrogen functional groups attached to an aromatic ring is 1. The number of anilines is 1. The number of hydrogen-bond donors (Lipinski definition) is 3. The van der Waals surface area contributed by atoms with Crippen molar-refractivity contribution in [3.8, 4) is 0 Å². The minimum atomic E-state index is -1.26. The van der Waals surface area contributed by atoms with Crippen molar-refractivity contribution in [3.63, 3.8) is 0 Å². The Balaban J connectivity index is 0.000000479. The summed E-state index contributed by atoms with van der Waals surface area (Å²) in [5.74, 6) is -2.51. The Kier molecular flexibility index (Phi) is 12.1. The fourth-order valence-corrected chi connectivity index (χ4v) is 3.75. The van der Waals surface area contributed by atoms with Gasteiger partial charge in [-0.1, -0.05) is 37.3 Å². The molecule has 0 amide bonds. The van der Waals surface area contributed by atoms with Crippen molar-refractivity contribution in [2.24, 2.45) is 0 Å². The van der Waals surface area contributed by atoms with Crippen LogP contribution in [0.3, 0.4) is 0 Å². The summed E-state index contributed by atoms with van der Waals surface area (Å²) in [5, 5.41) is 16.3. The lowest BCUT2D eigenvalue weighted by Gasteiger charge is -2.21. The zero-order valence-corrected chi connectivity index (χ0v) is 18.4. The van der Waals surface area contributed by atoms with Gasteiger partial charge in [-0.15, -0.1) is 11.3 Å². The van der Waals surface area contributed by atoms with E-state index < -0.39 is 11.9 Å². The molecule has 7 nitrogen and oxygen atoms in total. The van der Waals surface area contributed by atoms with Crippen LogP contribution in [0.5, 0.6) is 0 Å². The third-order valence-corrected chi connectivity index (χ3v) is 5.30. The molecular weight excluding hydrogens is 402 g/mol. The Morgan fingerprint density at radius 3 is 2.20 bits per heavy atom. The maximum Gasteiger partial charge on any atom is 0.328 e. The number of nitrogens with zero attached hydrogens (tertiary/aromatic N) is 2. The lowest BCUT2D eigenvalue weighted by atomic mass is 10.1. The molecule has 1 aromatic carbocycles. The van der Waals surface area contributed by atoms with E-state index in [-0.39, 0.29) is 0 Å². The lowest BCUT2D eigenvalue weighted by molar-refractivity contribution is -0.134. The van der Waals surface area contributed by atoms with Crippen molar-refractivity contribution >= 4 is 28.4 Å². The van der Waals surface area contributed by atoms with Crippen LogP contribution < -0.4 is 5.73 Å². The van der Waals surface area contributed by atoms with Crippen molar-refractivity contribution < 1.29 is 19.8 Å². The Bertz CT molecular complexity index is 790. The highest BCUT2D eigenvalue weighted by atomic mass is 32.1. The first kappa shape index (κ1) is 25.3. The van der Waals surface area contributed by atoms with E-state index in [4.69, 9.17) is 15.9 Å². The molecular formula is C22H31N3O4S. The summed E-state index contributed by atoms with van der Waals surface area (Å²) in [6, 6.07) is 10.8. The number of aliphatic carboxylic acids is 2. The predicted octanol–water partition coefficient (Wildman–Crippen LogP) is 3.63. The second kappa shape index (κ2) is 14.3. The first-order chi connectivity index (χ1) is 14.3. The molecule has 164 valence electrons. The molecule has 0 spiro atoms. The fourth-order valence-electron chi connectivity index (χ4n) is 2.87. The average Bonchev–Trinajstić information content (AvgIpc) is 3.03. The van der Waals surface area contributed by atoms with Crippen LogP contribution in [0.2, 0.25) is 0 Å². The van der Waals surface area contributed by atoms with Gasteiger partial charge in [0.1, 0.15) is 0 Å². The van der Waals surface area contributed by atoms with Gasteiger partial charge in [-0.05, 0) is 51.3 Å². The van der Waals surface area contributed by atoms with E-state index in [9.17, 15) is 9.59 Å². The van der Waals surface area contributed by atoms with E-state index in [1.807, 2.05) is 0 Å². The quantitative estimate of drug-likeness (QED) is 0.463. The summed E-state index contributed by atoms with van der Waals surface area (Å²) in [6.07, 6.45) is 5.73. The zero-order valence-electron chi connectivity index (χ0n) is 17.6. The van der Waals surface area contributed by atoms with Crippen molar-refractivity contribution in [1.29, 1.82) is 0 Å². The molecule has 2 aromatic rings. The van der Waals surface area contributed by atoms with Gasteiger partial charge in [-0.25, -0.2) is 14.6 Å². The van der Waals surface area contributed by atoms with E-state index >= 15 is 0 Å². The van der Waals surface area contributed by atoms with Crippen molar-refractivity contribution in [1.82, 2.24) is 9.88 Å². The largest absolute Gasteiger partial charge is 0.478 e. The van der Waals surface area contributed by atoms with Gasteiger partial charge in [0.25, 0.3) is 0 Å². The normalized spacial score (nSPS) is 10.8. The van der Waals surface area contributed by atoms with Crippen LogP contribution in [-0.4, -0.2) is 51.7 Å². The molecule has 0 unspecified atom stereocenters. The maximum atomic E-state index is 9.55. The van der Waals surface area contributed by atoms with E-state index in [1.165, 1.54) is 29.8 Å². The highest BCUT2D eigenvalue weighted by molar-refractivity contribution is 7.15. The van der Waals surface area contributed by atoms with Crippen LogP contribution in [0.25, 0.3) is 0 Å². The Labute approximate surface area is 181 Å². The summed E-state index contributed by atoms with van der Waals surface area (Å²) in [4.78, 5) is 27.3. The number of aryl methyl sites for hydroxylation is 2. The molecule has 4 N–H and O–H groups in total. The second-order valence-corrected chi connectivity index (χ2v) is 7.87. The molecule has 0 fully saturated rings. The molecule has 0 saturated carbocycles. The molecule has 1 aromatic heterocycles. The van der Waals surface area contributed by atoms with Gasteiger partial charge in [-0.2, -0.15) is 0 Å². The molecule has 0 atom stereocenters. The van der Waals surface area contributed by atoms with E-state index in [0.29, 0.717) is 17.3 Å². The fraction of sp³-hybridized carbons (Fsp3) is 0.409. The highest BCUT2D eigenvalue weighted by Gasteiger charge is 2.08. The molecule has 0 aliphatic carbocycles. The van der Waals surface area contributed by atoms with Crippen molar-refractivity contribution in [3.05, 3.63) is 58.6 Å². The van der Waals surface area contributed by atoms with E-state index in [0.717, 1.165) is 31.6 Å². The van der Waals surface area contributed by atoms with Gasteiger partial charge >= 0.3 is 11.9 Å².